The Morgan fingerprint density at radius 3 is 2.39 bits per heavy atom. The van der Waals surface area contributed by atoms with Gasteiger partial charge in [0.1, 0.15) is 0 Å². The Kier molecular flexibility index (Phi) is 9.07. The first-order valence-corrected chi connectivity index (χ1v) is 18.6. The van der Waals surface area contributed by atoms with Crippen LogP contribution in [0.15, 0.2) is 48.9 Å². The highest BCUT2D eigenvalue weighted by molar-refractivity contribution is 5.96. The van der Waals surface area contributed by atoms with Crippen LogP contribution in [0.2, 0.25) is 0 Å². The van der Waals surface area contributed by atoms with Gasteiger partial charge in [0.05, 0.1) is 38.6 Å². The number of fused-ring (bicyclic) bond motifs is 1. The summed E-state index contributed by atoms with van der Waals surface area (Å²) in [7, 11) is 2.34. The average molecular weight is 750 g/mol. The third kappa shape index (κ3) is 6.54. The summed E-state index contributed by atoms with van der Waals surface area (Å²) >= 11 is 0. The lowest BCUT2D eigenvalue weighted by Gasteiger charge is -2.70. The smallest absolute Gasteiger partial charge is 0.387 e. The number of halogens is 4. The average Bonchev–Trinajstić information content (AvgIpc) is 3.57. The number of rotatable bonds is 10. The van der Waals surface area contributed by atoms with E-state index in [1.54, 1.807) is 12.1 Å². The molecular weight excluding hydrogens is 704 g/mol. The van der Waals surface area contributed by atoms with Gasteiger partial charge in [-0.1, -0.05) is 6.92 Å². The Hall–Kier alpha value is -4.76. The number of carbonyl (C=O) groups excluding carboxylic acids is 2. The number of nitrogens with one attached hydrogen (secondary N) is 1. The molecule has 2 aromatic carbocycles. The predicted octanol–water partition coefficient (Wildman–Crippen LogP) is 5.60. The summed E-state index contributed by atoms with van der Waals surface area (Å²) in [6, 6.07) is 7.51. The molecule has 15 heteroatoms. The van der Waals surface area contributed by atoms with Gasteiger partial charge < -0.3 is 30.1 Å². The van der Waals surface area contributed by atoms with E-state index in [0.717, 1.165) is 67.4 Å². The van der Waals surface area contributed by atoms with Crippen molar-refractivity contribution in [1.29, 1.82) is 0 Å². The zero-order valence-corrected chi connectivity index (χ0v) is 30.5. The Labute approximate surface area is 310 Å². The summed E-state index contributed by atoms with van der Waals surface area (Å²) in [4.78, 5) is 39.8. The van der Waals surface area contributed by atoms with Crippen molar-refractivity contribution < 1.29 is 36.4 Å². The number of ether oxygens (including phenoxy) is 1. The van der Waals surface area contributed by atoms with Crippen molar-refractivity contribution in [1.82, 2.24) is 24.2 Å². The monoisotopic (exact) mass is 749 g/mol. The molecule has 286 valence electrons. The summed E-state index contributed by atoms with van der Waals surface area (Å²) in [6.07, 6.45) is 10.2. The van der Waals surface area contributed by atoms with Gasteiger partial charge in [0.2, 0.25) is 11.7 Å². The number of nitrogens with two attached hydrogens (primary N) is 1. The van der Waals surface area contributed by atoms with Crippen molar-refractivity contribution >= 4 is 29.0 Å². The van der Waals surface area contributed by atoms with Crippen molar-refractivity contribution in [2.45, 2.75) is 57.6 Å². The summed E-state index contributed by atoms with van der Waals surface area (Å²) < 4.78 is 61.3. The molecule has 3 aliphatic carbocycles. The number of aryl methyl sites for hydroxylation is 1. The van der Waals surface area contributed by atoms with Crippen LogP contribution in [0.25, 0.3) is 16.9 Å². The quantitative estimate of drug-likeness (QED) is 0.160. The predicted molar refractivity (Wildman–Crippen MR) is 193 cm³/mol. The van der Waals surface area contributed by atoms with Gasteiger partial charge in [-0.25, -0.2) is 14.4 Å². The van der Waals surface area contributed by atoms with E-state index < -0.39 is 24.0 Å². The third-order valence-electron chi connectivity index (χ3n) is 12.1. The zero-order valence-electron chi connectivity index (χ0n) is 30.5. The first-order chi connectivity index (χ1) is 25.8. The topological polar surface area (TPSA) is 118 Å². The highest BCUT2D eigenvalue weighted by atomic mass is 19.3. The third-order valence-corrected chi connectivity index (χ3v) is 12.1. The lowest BCUT2D eigenvalue weighted by atomic mass is 9.39. The number of imidazole rings is 1. The van der Waals surface area contributed by atoms with E-state index in [4.69, 9.17) is 5.73 Å². The van der Waals surface area contributed by atoms with Gasteiger partial charge in [-0.05, 0) is 61.6 Å². The fourth-order valence-corrected chi connectivity index (χ4v) is 9.65. The van der Waals surface area contributed by atoms with Gasteiger partial charge in [0.25, 0.3) is 5.91 Å². The zero-order chi connectivity index (χ0) is 38.0. The number of hydrogen-bond acceptors (Lipinski definition) is 7. The van der Waals surface area contributed by atoms with E-state index in [1.807, 2.05) is 22.8 Å². The van der Waals surface area contributed by atoms with E-state index in [2.05, 4.69) is 27.1 Å². The van der Waals surface area contributed by atoms with E-state index >= 15 is 0 Å². The number of hydrogen-bond donors (Lipinski definition) is 2. The number of alkyl halides is 2. The number of amides is 2. The molecule has 3 saturated carbocycles. The number of aromatic nitrogens is 3. The summed E-state index contributed by atoms with van der Waals surface area (Å²) in [5.74, 6) is -3.28. The van der Waals surface area contributed by atoms with Gasteiger partial charge in [-0.3, -0.25) is 14.0 Å². The first-order valence-electron chi connectivity index (χ1n) is 18.6. The fraction of sp³-hybridized carbons (Fsp3) is 0.487. The van der Waals surface area contributed by atoms with Crippen molar-refractivity contribution in [2.75, 3.05) is 58.2 Å². The minimum absolute atomic E-state index is 0.0406. The Morgan fingerprint density at radius 2 is 1.72 bits per heavy atom. The molecular formula is C39H45F4N8O3+. The number of nitrogens with zero attached hydrogens (tertiary/aromatic N) is 6. The molecule has 11 nitrogen and oxygen atoms in total. The van der Waals surface area contributed by atoms with Crippen LogP contribution in [0.4, 0.5) is 29.1 Å². The lowest BCUT2D eigenvalue weighted by molar-refractivity contribution is -0.924. The normalized spacial score (nSPS) is 26.4. The van der Waals surface area contributed by atoms with Gasteiger partial charge >= 0.3 is 6.61 Å². The van der Waals surface area contributed by atoms with E-state index in [1.165, 1.54) is 29.5 Å². The number of anilines is 2. The molecule has 4 heterocycles. The van der Waals surface area contributed by atoms with E-state index in [9.17, 15) is 27.2 Å². The number of likely N-dealkylation sites (tertiary alicyclic amines) is 1. The minimum Gasteiger partial charge on any atom is -0.432 e. The number of quaternary nitrogens is 1. The second kappa shape index (κ2) is 13.5. The molecule has 2 bridgehead atoms. The second-order valence-electron chi connectivity index (χ2n) is 16.1. The maximum absolute atomic E-state index is 15.0. The molecule has 0 atom stereocenters. The molecule has 5 fully saturated rings. The first kappa shape index (κ1) is 36.2. The minimum atomic E-state index is -3.30. The summed E-state index contributed by atoms with van der Waals surface area (Å²) in [5.41, 5.74) is 9.20. The van der Waals surface area contributed by atoms with Crippen LogP contribution < -0.4 is 15.8 Å². The van der Waals surface area contributed by atoms with Crippen LogP contribution in [-0.2, 0) is 11.2 Å². The molecule has 0 unspecified atom stereocenters. The fourth-order valence-electron chi connectivity index (χ4n) is 9.65. The number of benzene rings is 2. The van der Waals surface area contributed by atoms with Gasteiger partial charge in [0.15, 0.2) is 23.0 Å². The molecule has 0 spiro atoms. The van der Waals surface area contributed by atoms with Gasteiger partial charge in [-0.15, -0.1) is 0 Å². The number of carbonyl (C=O) groups is 2. The lowest BCUT2D eigenvalue weighted by Crippen LogP contribution is -2.76. The van der Waals surface area contributed by atoms with Crippen LogP contribution in [0, 0.1) is 23.0 Å². The molecule has 2 saturated heterocycles. The Bertz CT molecular complexity index is 2090. The highest BCUT2D eigenvalue weighted by Crippen LogP contribution is 2.66. The van der Waals surface area contributed by atoms with Crippen LogP contribution in [0.3, 0.4) is 0 Å². The van der Waals surface area contributed by atoms with Crippen LogP contribution in [-0.4, -0.2) is 105 Å². The van der Waals surface area contributed by atoms with E-state index in [0.29, 0.717) is 60.7 Å². The summed E-state index contributed by atoms with van der Waals surface area (Å²) in [6.45, 7) is 3.86. The highest BCUT2D eigenvalue weighted by Gasteiger charge is 2.68. The molecule has 4 aromatic rings. The molecule has 3 N–H and O–H groups in total. The largest absolute Gasteiger partial charge is 0.432 e. The second-order valence-corrected chi connectivity index (χ2v) is 16.1. The molecule has 54 heavy (non-hydrogen) atoms. The van der Waals surface area contributed by atoms with Gasteiger partial charge in [-0.2, -0.15) is 13.2 Å². The Balaban J connectivity index is 0.890. The summed E-state index contributed by atoms with van der Waals surface area (Å²) in [5, 5.41) is 3.22. The van der Waals surface area contributed by atoms with Gasteiger partial charge in [0, 0.05) is 85.1 Å². The molecule has 9 rings (SSSR count). The van der Waals surface area contributed by atoms with Crippen LogP contribution in [0.1, 0.15) is 54.9 Å². The molecule has 0 radical (unpaired) electrons. The SMILES string of the molecule is CCc1cc(Nc2nccn3c(-c4ccc(OC(F)F)c(F)c4F)cnc23)ccc1C(=O)N1CCN(C(=O)C2CC[N+](C)(CC34CC(N)(C3)C4)CC2)CC1. The van der Waals surface area contributed by atoms with Crippen molar-refractivity contribution in [3.05, 3.63) is 71.7 Å². The number of piperidine rings is 1. The van der Waals surface area contributed by atoms with E-state index in [-0.39, 0.29) is 34.5 Å². The Morgan fingerprint density at radius 1 is 1.02 bits per heavy atom. The molecule has 5 aliphatic rings. The number of piperazine rings is 1. The molecule has 2 amide bonds. The van der Waals surface area contributed by atoms with Crippen molar-refractivity contribution in [3.63, 3.8) is 0 Å². The van der Waals surface area contributed by atoms with Crippen molar-refractivity contribution in [2.24, 2.45) is 17.1 Å². The van der Waals surface area contributed by atoms with Crippen molar-refractivity contribution in [3.8, 4) is 17.0 Å². The van der Waals surface area contributed by atoms with Crippen LogP contribution >= 0.6 is 0 Å². The maximum Gasteiger partial charge on any atom is 0.387 e. The standard InChI is InChI=1S/C39H44F4N8O3/c1-3-24-18-26(47-33-34-46-19-29(50(34)11-10-45-33)28-6-7-30(54-37(42)43)32(41)31(28)40)4-5-27(24)36(53)49-14-12-48(13-15-49)35(52)25-8-16-51(2,17-9-25)23-38-20-39(44,21-38)22-38/h4-7,10-11,18-19,25,37H,3,8-9,12-17,20-23,44H2,1-2H3/p+1. The molecule has 2 aliphatic heterocycles. The molecule has 2 aromatic heterocycles. The maximum atomic E-state index is 15.0. The van der Waals surface area contributed by atoms with Crippen LogP contribution in [0.5, 0.6) is 5.75 Å².